The van der Waals surface area contributed by atoms with Crippen LogP contribution in [0.4, 0.5) is 5.69 Å². The van der Waals surface area contributed by atoms with Crippen molar-refractivity contribution in [2.75, 3.05) is 11.9 Å². The maximum atomic E-state index is 12.7. The number of rotatable bonds is 5. The van der Waals surface area contributed by atoms with E-state index >= 15 is 0 Å². The average molecular weight is 356 g/mol. The number of ether oxygens (including phenoxy) is 1. The topological polar surface area (TPSA) is 93.4 Å². The summed E-state index contributed by atoms with van der Waals surface area (Å²) >= 11 is 0. The Bertz CT molecular complexity index is 621. The van der Waals surface area contributed by atoms with E-state index in [9.17, 15) is 9.59 Å². The monoisotopic (exact) mass is 355 g/mol. The van der Waals surface area contributed by atoms with Crippen LogP contribution in [0, 0.1) is 5.92 Å². The van der Waals surface area contributed by atoms with E-state index in [0.717, 1.165) is 6.42 Å². The van der Waals surface area contributed by atoms with Crippen LogP contribution in [0.15, 0.2) is 18.2 Å². The zero-order valence-corrected chi connectivity index (χ0v) is 15.3. The van der Waals surface area contributed by atoms with Gasteiger partial charge in [0, 0.05) is 12.1 Å². The van der Waals surface area contributed by atoms with Gasteiger partial charge in [-0.1, -0.05) is 19.9 Å². The van der Waals surface area contributed by atoms with Crippen LogP contribution in [0.25, 0.3) is 0 Å². The molecule has 0 aromatic heterocycles. The van der Waals surface area contributed by atoms with Gasteiger partial charge in [-0.25, -0.2) is 0 Å². The molecule has 24 heavy (non-hydrogen) atoms. The molecule has 7 heteroatoms. The highest BCUT2D eigenvalue weighted by molar-refractivity contribution is 6.04. The Balaban J connectivity index is 0.00000288. The van der Waals surface area contributed by atoms with Crippen LogP contribution in [-0.2, 0) is 4.79 Å². The second kappa shape index (κ2) is 7.85. The highest BCUT2D eigenvalue weighted by Gasteiger charge is 2.31. The fourth-order valence-corrected chi connectivity index (χ4v) is 2.83. The minimum Gasteiger partial charge on any atom is -0.478 e. The minimum absolute atomic E-state index is 0. The molecule has 6 nitrogen and oxygen atoms in total. The summed E-state index contributed by atoms with van der Waals surface area (Å²) < 4.78 is 5.62. The lowest BCUT2D eigenvalue weighted by Gasteiger charge is -2.32. The number of nitrogens with one attached hydrogen (secondary N) is 2. The van der Waals surface area contributed by atoms with Crippen molar-refractivity contribution < 1.29 is 14.3 Å². The van der Waals surface area contributed by atoms with Crippen LogP contribution >= 0.6 is 12.4 Å². The number of amides is 2. The number of carbonyl (C=O) groups is 2. The number of fused-ring (bicyclic) bond motifs is 1. The van der Waals surface area contributed by atoms with Crippen molar-refractivity contribution in [2.24, 2.45) is 11.7 Å². The Morgan fingerprint density at radius 1 is 1.46 bits per heavy atom. The van der Waals surface area contributed by atoms with Crippen molar-refractivity contribution in [1.29, 1.82) is 0 Å². The van der Waals surface area contributed by atoms with E-state index in [-0.39, 0.29) is 24.2 Å². The predicted molar refractivity (Wildman–Crippen MR) is 96.8 cm³/mol. The summed E-state index contributed by atoms with van der Waals surface area (Å²) in [5, 5.41) is 5.76. The molecule has 1 aromatic carbocycles. The highest BCUT2D eigenvalue weighted by Crippen LogP contribution is 2.33. The molecule has 0 bridgehead atoms. The first kappa shape index (κ1) is 20.3. The molecule has 1 heterocycles. The van der Waals surface area contributed by atoms with Gasteiger partial charge < -0.3 is 21.1 Å². The lowest BCUT2D eigenvalue weighted by molar-refractivity contribution is -0.122. The zero-order chi connectivity index (χ0) is 17.2. The third-order valence-electron chi connectivity index (χ3n) is 3.91. The van der Waals surface area contributed by atoms with E-state index in [0.29, 0.717) is 29.5 Å². The molecule has 1 aliphatic heterocycles. The van der Waals surface area contributed by atoms with Crippen LogP contribution in [-0.4, -0.2) is 30.0 Å². The first-order valence-corrected chi connectivity index (χ1v) is 7.89. The van der Waals surface area contributed by atoms with Crippen molar-refractivity contribution >= 4 is 29.9 Å². The summed E-state index contributed by atoms with van der Waals surface area (Å²) in [6.07, 6.45) is 0.145. The molecule has 2 unspecified atom stereocenters. The number of para-hydroxylation sites is 1. The summed E-state index contributed by atoms with van der Waals surface area (Å²) in [5.74, 6) is 0.338. The predicted octanol–water partition coefficient (Wildman–Crippen LogP) is 2.32. The molecule has 0 aliphatic carbocycles. The summed E-state index contributed by atoms with van der Waals surface area (Å²) in [4.78, 5) is 24.4. The van der Waals surface area contributed by atoms with Gasteiger partial charge in [-0.3, -0.25) is 9.59 Å². The standard InChI is InChI=1S/C17H25N3O3.ClH/c1-10(2)8-17(4,9-18)20-16(22)12-6-5-7-13-14(12)23-11(3)15(21)19-13;/h5-7,10-11H,8-9,18H2,1-4H3,(H,19,21)(H,20,22);1H. The molecule has 0 radical (unpaired) electrons. The fourth-order valence-electron chi connectivity index (χ4n) is 2.83. The molecule has 2 amide bonds. The van der Waals surface area contributed by atoms with E-state index in [4.69, 9.17) is 10.5 Å². The molecular weight excluding hydrogens is 330 g/mol. The van der Waals surface area contributed by atoms with Crippen molar-refractivity contribution in [2.45, 2.75) is 45.8 Å². The van der Waals surface area contributed by atoms with Gasteiger partial charge >= 0.3 is 0 Å². The number of nitrogens with two attached hydrogens (primary N) is 1. The molecular formula is C17H26ClN3O3. The van der Waals surface area contributed by atoms with Crippen LogP contribution in [0.3, 0.4) is 0 Å². The van der Waals surface area contributed by atoms with Crippen LogP contribution in [0.5, 0.6) is 5.75 Å². The van der Waals surface area contributed by atoms with E-state index in [1.807, 2.05) is 6.92 Å². The third-order valence-corrected chi connectivity index (χ3v) is 3.91. The Hall–Kier alpha value is -1.79. The van der Waals surface area contributed by atoms with Gasteiger partial charge in [-0.2, -0.15) is 0 Å². The molecule has 1 aromatic rings. The molecule has 0 fully saturated rings. The molecule has 2 atom stereocenters. The summed E-state index contributed by atoms with van der Waals surface area (Å²) in [7, 11) is 0. The molecule has 4 N–H and O–H groups in total. The molecule has 0 saturated carbocycles. The molecule has 0 saturated heterocycles. The fraction of sp³-hybridized carbons (Fsp3) is 0.529. The SMILES string of the molecule is CC(C)CC(C)(CN)NC(=O)c1cccc2c1OC(C)C(=O)N2.Cl. The summed E-state index contributed by atoms with van der Waals surface area (Å²) in [5.41, 5.74) is 6.28. The Morgan fingerprint density at radius 3 is 2.71 bits per heavy atom. The van der Waals surface area contributed by atoms with Crippen molar-refractivity contribution in [3.05, 3.63) is 23.8 Å². The smallest absolute Gasteiger partial charge is 0.265 e. The number of benzene rings is 1. The maximum absolute atomic E-state index is 12.7. The van der Waals surface area contributed by atoms with Crippen molar-refractivity contribution in [1.82, 2.24) is 5.32 Å². The highest BCUT2D eigenvalue weighted by atomic mass is 35.5. The Kier molecular flexibility index (Phi) is 6.63. The first-order chi connectivity index (χ1) is 10.8. The largest absolute Gasteiger partial charge is 0.478 e. The molecule has 0 spiro atoms. The lowest BCUT2D eigenvalue weighted by atomic mass is 9.90. The van der Waals surface area contributed by atoms with Crippen molar-refractivity contribution in [3.8, 4) is 5.75 Å². The third kappa shape index (κ3) is 4.39. The minimum atomic E-state index is -0.631. The number of anilines is 1. The Labute approximate surface area is 148 Å². The molecule has 2 rings (SSSR count). The lowest BCUT2D eigenvalue weighted by Crippen LogP contribution is -2.52. The van der Waals surface area contributed by atoms with Crippen LogP contribution in [0.1, 0.15) is 44.5 Å². The van der Waals surface area contributed by atoms with Gasteiger partial charge in [0.1, 0.15) is 0 Å². The second-order valence-electron chi connectivity index (χ2n) is 6.75. The molecule has 134 valence electrons. The average Bonchev–Trinajstić information content (AvgIpc) is 2.47. The quantitative estimate of drug-likeness (QED) is 0.755. The zero-order valence-electron chi connectivity index (χ0n) is 14.5. The van der Waals surface area contributed by atoms with Gasteiger partial charge in [-0.05, 0) is 38.3 Å². The van der Waals surface area contributed by atoms with Gasteiger partial charge in [0.2, 0.25) is 0 Å². The van der Waals surface area contributed by atoms with Crippen LogP contribution < -0.4 is 21.1 Å². The van der Waals surface area contributed by atoms with Crippen LogP contribution in [0.2, 0.25) is 0 Å². The van der Waals surface area contributed by atoms with E-state index in [1.54, 1.807) is 25.1 Å². The molecule has 1 aliphatic rings. The van der Waals surface area contributed by atoms with Gasteiger partial charge in [0.15, 0.2) is 11.9 Å². The van der Waals surface area contributed by atoms with Gasteiger partial charge in [-0.15, -0.1) is 12.4 Å². The van der Waals surface area contributed by atoms with Gasteiger partial charge in [0.25, 0.3) is 11.8 Å². The van der Waals surface area contributed by atoms with Crippen molar-refractivity contribution in [3.63, 3.8) is 0 Å². The number of hydrogen-bond acceptors (Lipinski definition) is 4. The maximum Gasteiger partial charge on any atom is 0.265 e. The second-order valence-corrected chi connectivity index (χ2v) is 6.75. The Morgan fingerprint density at radius 2 is 2.12 bits per heavy atom. The van der Waals surface area contributed by atoms with Gasteiger partial charge in [0.05, 0.1) is 11.3 Å². The first-order valence-electron chi connectivity index (χ1n) is 7.89. The number of hydrogen-bond donors (Lipinski definition) is 3. The summed E-state index contributed by atoms with van der Waals surface area (Å²) in [6.45, 7) is 8.11. The normalized spacial score (nSPS) is 18.6. The van der Waals surface area contributed by atoms with E-state index in [2.05, 4.69) is 24.5 Å². The summed E-state index contributed by atoms with van der Waals surface area (Å²) in [6, 6.07) is 5.12. The van der Waals surface area contributed by atoms with E-state index < -0.39 is 11.6 Å². The number of carbonyl (C=O) groups excluding carboxylic acids is 2. The number of halogens is 1. The van der Waals surface area contributed by atoms with E-state index in [1.165, 1.54) is 0 Å².